The van der Waals surface area contributed by atoms with E-state index in [0.29, 0.717) is 24.8 Å². The van der Waals surface area contributed by atoms with Gasteiger partial charge in [0.05, 0.1) is 6.04 Å². The molecule has 144 valence electrons. The second-order valence-corrected chi connectivity index (χ2v) is 6.49. The lowest BCUT2D eigenvalue weighted by molar-refractivity contribution is 0.170. The molecule has 1 aliphatic heterocycles. The van der Waals surface area contributed by atoms with E-state index in [1.807, 2.05) is 55.5 Å². The topological polar surface area (TPSA) is 92.4 Å². The summed E-state index contributed by atoms with van der Waals surface area (Å²) in [4.78, 5) is 18.5. The van der Waals surface area contributed by atoms with Crippen molar-refractivity contribution >= 4 is 12.0 Å². The van der Waals surface area contributed by atoms with Crippen LogP contribution in [0.25, 0.3) is 11.4 Å². The number of fused-ring (bicyclic) bond motifs is 1. The fraction of sp³-hybridized carbons (Fsp3) is 0.250. The summed E-state index contributed by atoms with van der Waals surface area (Å²) in [7, 11) is 1.72. The summed E-state index contributed by atoms with van der Waals surface area (Å²) in [5.41, 5.74) is 1.84. The van der Waals surface area contributed by atoms with Gasteiger partial charge in [0, 0.05) is 12.6 Å². The van der Waals surface area contributed by atoms with Crippen molar-refractivity contribution in [3.63, 3.8) is 0 Å². The number of hydrogen-bond acceptors (Lipinski definition) is 5. The summed E-state index contributed by atoms with van der Waals surface area (Å²) in [5.74, 6) is 2.25. The van der Waals surface area contributed by atoms with Crippen LogP contribution in [-0.2, 0) is 0 Å². The molecule has 0 unspecified atom stereocenters. The minimum Gasteiger partial charge on any atom is -0.486 e. The van der Waals surface area contributed by atoms with E-state index < -0.39 is 0 Å². The molecule has 2 heterocycles. The number of aromatic nitrogens is 3. The number of amides is 2. The lowest BCUT2D eigenvalue weighted by Gasteiger charge is -2.26. The molecule has 1 aliphatic rings. The van der Waals surface area contributed by atoms with Crippen LogP contribution in [0, 0.1) is 0 Å². The van der Waals surface area contributed by atoms with Crippen molar-refractivity contribution in [1.29, 1.82) is 0 Å². The monoisotopic (exact) mass is 379 g/mol. The molecule has 0 saturated carbocycles. The van der Waals surface area contributed by atoms with Gasteiger partial charge >= 0.3 is 6.03 Å². The molecule has 28 heavy (non-hydrogen) atoms. The zero-order valence-corrected chi connectivity index (χ0v) is 15.7. The van der Waals surface area contributed by atoms with Gasteiger partial charge < -0.3 is 14.4 Å². The number of rotatable bonds is 4. The van der Waals surface area contributed by atoms with E-state index in [0.717, 1.165) is 16.9 Å². The first-order chi connectivity index (χ1) is 13.6. The van der Waals surface area contributed by atoms with E-state index in [1.54, 1.807) is 11.9 Å². The Hall–Kier alpha value is -3.55. The highest BCUT2D eigenvalue weighted by Crippen LogP contribution is 2.33. The smallest absolute Gasteiger partial charge is 0.324 e. The summed E-state index contributed by atoms with van der Waals surface area (Å²) in [6.07, 6.45) is 0. The van der Waals surface area contributed by atoms with Gasteiger partial charge in [-0.3, -0.25) is 10.4 Å². The maximum absolute atomic E-state index is 12.6. The highest BCUT2D eigenvalue weighted by molar-refractivity contribution is 5.87. The molecule has 0 saturated heterocycles. The van der Waals surface area contributed by atoms with E-state index in [9.17, 15) is 4.79 Å². The zero-order chi connectivity index (χ0) is 19.5. The molecule has 8 heteroatoms. The Labute approximate surface area is 162 Å². The lowest BCUT2D eigenvalue weighted by Crippen LogP contribution is -2.34. The quantitative estimate of drug-likeness (QED) is 0.724. The Balaban J connectivity index is 1.44. The van der Waals surface area contributed by atoms with Gasteiger partial charge in [-0.15, -0.1) is 5.10 Å². The summed E-state index contributed by atoms with van der Waals surface area (Å²) < 4.78 is 11.2. The van der Waals surface area contributed by atoms with Crippen molar-refractivity contribution < 1.29 is 14.3 Å². The zero-order valence-electron chi connectivity index (χ0n) is 15.7. The molecule has 4 rings (SSSR count). The fourth-order valence-electron chi connectivity index (χ4n) is 2.95. The van der Waals surface area contributed by atoms with Crippen LogP contribution >= 0.6 is 0 Å². The number of H-pyrrole nitrogens is 1. The van der Waals surface area contributed by atoms with Gasteiger partial charge in [0.1, 0.15) is 13.2 Å². The molecule has 8 nitrogen and oxygen atoms in total. The van der Waals surface area contributed by atoms with Gasteiger partial charge in [-0.2, -0.15) is 4.98 Å². The van der Waals surface area contributed by atoms with Crippen molar-refractivity contribution in [3.05, 3.63) is 54.1 Å². The largest absolute Gasteiger partial charge is 0.486 e. The maximum atomic E-state index is 12.6. The van der Waals surface area contributed by atoms with Crippen molar-refractivity contribution in [1.82, 2.24) is 20.1 Å². The molecule has 1 atom stereocenters. The van der Waals surface area contributed by atoms with Crippen molar-refractivity contribution in [3.8, 4) is 22.9 Å². The third-order valence-electron chi connectivity index (χ3n) is 4.70. The van der Waals surface area contributed by atoms with Crippen LogP contribution in [0.2, 0.25) is 0 Å². The van der Waals surface area contributed by atoms with E-state index in [2.05, 4.69) is 20.5 Å². The molecule has 1 aromatic heterocycles. The number of urea groups is 1. The standard InChI is InChI=1S/C20H21N5O3/c1-13(15-8-9-16-17(12-15)28-11-10-27-16)25(2)20(26)22-19-21-18(23-24-19)14-6-4-3-5-7-14/h3-9,12-13H,10-11H2,1-2H3,(H2,21,22,23,24,26)/t13-/m0/s1. The van der Waals surface area contributed by atoms with Crippen LogP contribution in [0.5, 0.6) is 11.5 Å². The molecule has 2 amide bonds. The average Bonchev–Trinajstić information content (AvgIpc) is 3.21. The Morgan fingerprint density at radius 1 is 1.14 bits per heavy atom. The number of benzene rings is 2. The van der Waals surface area contributed by atoms with Crippen molar-refractivity contribution in [2.24, 2.45) is 0 Å². The van der Waals surface area contributed by atoms with Crippen LogP contribution in [0.15, 0.2) is 48.5 Å². The molecular formula is C20H21N5O3. The van der Waals surface area contributed by atoms with E-state index in [-0.39, 0.29) is 18.0 Å². The SMILES string of the molecule is C[C@@H](c1ccc2c(c1)OCCO2)N(C)C(=O)Nc1n[nH]c(-c2ccccc2)n1. The predicted octanol–water partition coefficient (Wildman–Crippen LogP) is 3.47. The van der Waals surface area contributed by atoms with Crippen LogP contribution in [0.4, 0.5) is 10.7 Å². The second-order valence-electron chi connectivity index (χ2n) is 6.49. The maximum Gasteiger partial charge on any atom is 0.324 e. The van der Waals surface area contributed by atoms with Crippen LogP contribution in [0.3, 0.4) is 0 Å². The Kier molecular flexibility index (Phi) is 4.84. The number of nitrogens with one attached hydrogen (secondary N) is 2. The third kappa shape index (κ3) is 3.62. The summed E-state index contributed by atoms with van der Waals surface area (Å²) in [6, 6.07) is 14.8. The predicted molar refractivity (Wildman–Crippen MR) is 104 cm³/mol. The highest BCUT2D eigenvalue weighted by atomic mass is 16.6. The number of aromatic amines is 1. The number of carbonyl (C=O) groups excluding carboxylic acids is 1. The van der Waals surface area contributed by atoms with Crippen LogP contribution < -0.4 is 14.8 Å². The number of nitrogens with zero attached hydrogens (tertiary/aromatic N) is 3. The van der Waals surface area contributed by atoms with Gasteiger partial charge in [0.2, 0.25) is 5.95 Å². The Morgan fingerprint density at radius 3 is 2.68 bits per heavy atom. The van der Waals surface area contributed by atoms with Crippen LogP contribution in [-0.4, -0.2) is 46.4 Å². The summed E-state index contributed by atoms with van der Waals surface area (Å²) in [6.45, 7) is 3.01. The van der Waals surface area contributed by atoms with Gasteiger partial charge in [0.15, 0.2) is 17.3 Å². The van der Waals surface area contributed by atoms with Crippen molar-refractivity contribution in [2.75, 3.05) is 25.6 Å². The third-order valence-corrected chi connectivity index (χ3v) is 4.70. The molecule has 0 fully saturated rings. The van der Waals surface area contributed by atoms with Gasteiger partial charge in [-0.1, -0.05) is 36.4 Å². The normalized spacial score (nSPS) is 13.6. The van der Waals surface area contributed by atoms with E-state index in [4.69, 9.17) is 9.47 Å². The molecule has 0 aliphatic carbocycles. The molecule has 2 aromatic carbocycles. The van der Waals surface area contributed by atoms with Gasteiger partial charge in [-0.05, 0) is 24.6 Å². The van der Waals surface area contributed by atoms with Gasteiger partial charge in [0.25, 0.3) is 0 Å². The first kappa shape index (κ1) is 17.8. The minimum atomic E-state index is -0.305. The molecular weight excluding hydrogens is 358 g/mol. The lowest BCUT2D eigenvalue weighted by atomic mass is 10.1. The summed E-state index contributed by atoms with van der Waals surface area (Å²) in [5, 5.41) is 9.63. The minimum absolute atomic E-state index is 0.177. The number of anilines is 1. The van der Waals surface area contributed by atoms with Crippen molar-refractivity contribution in [2.45, 2.75) is 13.0 Å². The van der Waals surface area contributed by atoms with E-state index in [1.165, 1.54) is 0 Å². The first-order valence-corrected chi connectivity index (χ1v) is 9.03. The van der Waals surface area contributed by atoms with Gasteiger partial charge in [-0.25, -0.2) is 4.79 Å². The van der Waals surface area contributed by atoms with Crippen LogP contribution in [0.1, 0.15) is 18.5 Å². The molecule has 0 bridgehead atoms. The average molecular weight is 379 g/mol. The molecule has 3 aromatic rings. The molecule has 0 spiro atoms. The number of hydrogen-bond donors (Lipinski definition) is 2. The molecule has 0 radical (unpaired) electrons. The fourth-order valence-corrected chi connectivity index (χ4v) is 2.95. The van der Waals surface area contributed by atoms with E-state index >= 15 is 0 Å². The Morgan fingerprint density at radius 2 is 1.89 bits per heavy atom. The second kappa shape index (κ2) is 7.59. The first-order valence-electron chi connectivity index (χ1n) is 9.03. The number of carbonyl (C=O) groups is 1. The Bertz CT molecular complexity index is 973. The molecule has 2 N–H and O–H groups in total. The number of ether oxygens (including phenoxy) is 2. The summed E-state index contributed by atoms with van der Waals surface area (Å²) >= 11 is 0. The highest BCUT2D eigenvalue weighted by Gasteiger charge is 2.21.